The number of ether oxygens (including phenoxy) is 15. The molecule has 6 rings (SSSR count). The second kappa shape index (κ2) is 62.8. The molecule has 0 heterocycles. The Kier molecular flexibility index (Phi) is 62.0. The fourth-order valence-corrected chi connectivity index (χ4v) is 10.1. The van der Waals surface area contributed by atoms with Gasteiger partial charge in [0.15, 0.2) is 28.7 Å². The van der Waals surface area contributed by atoms with Crippen LogP contribution in [0.4, 0.5) is 24.0 Å². The molecule has 0 aromatic heterocycles. The van der Waals surface area contributed by atoms with Crippen LogP contribution in [-0.4, -0.2) is 173 Å². The van der Waals surface area contributed by atoms with Crippen LogP contribution in [0, 0.1) is 20.4 Å². The maximum Gasteiger partial charge on any atom is 2.00 e. The summed E-state index contributed by atoms with van der Waals surface area (Å²) < 4.78 is 78.5. The van der Waals surface area contributed by atoms with Gasteiger partial charge in [-0.1, -0.05) is 106 Å². The number of halogens is 3. The van der Waals surface area contributed by atoms with Crippen LogP contribution < -0.4 is 40.7 Å². The zero-order chi connectivity index (χ0) is 108. The Balaban J connectivity index is -0.000000515. The monoisotopic (exact) mass is 2260 g/mol. The van der Waals surface area contributed by atoms with E-state index in [0.29, 0.717) is 45.9 Å². The molecule has 3 N–H and O–H groups in total. The van der Waals surface area contributed by atoms with Gasteiger partial charge in [-0.2, -0.15) is 0 Å². The average molecular weight is 2260 g/mol. The van der Waals surface area contributed by atoms with E-state index in [0.717, 1.165) is 0 Å². The summed E-state index contributed by atoms with van der Waals surface area (Å²) in [5.41, 5.74) is -2.02. The first kappa shape index (κ1) is 138. The van der Waals surface area contributed by atoms with Crippen LogP contribution in [0.1, 0.15) is 324 Å². The SMILES string of the molecule is C=CCc1cccc(C(=O)OC(C)(C)C)c1OC(=O)OC(C)(C)C.CC(C)(C)OC(=O)Oc1c(CBr)cccc1C(=O)OC(C)(C)C.CC(C)(C)OC(=O)Oc1c(CC(=O)O)cccc1C(=O)OC(C)(C)C.CC(C)(C)OC(=O)Oc1c(CC=O)cccc1C(=O)OC(C)(C)C.CC=C(C)C.Cc1cccc(C(=O)O)c1O.Cc1cccc(C(=O)OC(C)(C)C)c1OC(=O)OC(C)(C)C.[Br-].[CH-]=C.[Cu][I].[Mg+2]. The normalized spacial score (nSPS) is 10.9. The van der Waals surface area contributed by atoms with Crippen LogP contribution in [0.3, 0.4) is 0 Å². The fourth-order valence-electron chi connectivity index (χ4n) is 9.65. The van der Waals surface area contributed by atoms with Gasteiger partial charge in [-0.05, 0) is 302 Å². The third-order valence-electron chi connectivity index (χ3n) is 14.8. The molecule has 0 saturated heterocycles. The van der Waals surface area contributed by atoms with E-state index in [1.807, 2.05) is 6.92 Å². The summed E-state index contributed by atoms with van der Waals surface area (Å²) in [6.45, 7) is 72.2. The number of carbonyl (C=O) groups is 13. The molecule has 0 radical (unpaired) electrons. The number of rotatable bonds is 18. The molecular formula is C104H142Br2CuIMgO31. The molecule has 0 amide bonds. The molecule has 140 heavy (non-hydrogen) atoms. The van der Waals surface area contributed by atoms with Crippen LogP contribution in [-0.2, 0) is 94.3 Å². The number of para-hydroxylation sites is 6. The number of carboxylic acids is 2. The molecule has 778 valence electrons. The van der Waals surface area contributed by atoms with Crippen molar-refractivity contribution in [1.29, 1.82) is 0 Å². The number of allylic oxidation sites excluding steroid dienone is 3. The number of carbonyl (C=O) groups excluding carboxylic acids is 11. The van der Waals surface area contributed by atoms with Gasteiger partial charge in [-0.3, -0.25) is 11.4 Å². The third kappa shape index (κ3) is 62.0. The smallest absolute Gasteiger partial charge is 2.00 e. The number of aromatic hydroxyl groups is 1. The van der Waals surface area contributed by atoms with Gasteiger partial charge in [0.2, 0.25) is 0 Å². The minimum absolute atomic E-state index is 0. The van der Waals surface area contributed by atoms with Crippen molar-refractivity contribution in [2.45, 2.75) is 323 Å². The molecule has 0 aliphatic rings. The third-order valence-corrected chi connectivity index (χ3v) is 15.4. The number of aromatic carboxylic acids is 1. The fraction of sp³-hybridized carbons (Fsp3) is 0.471. The van der Waals surface area contributed by atoms with E-state index in [1.54, 1.807) is 327 Å². The number of hydrogen-bond donors (Lipinski definition) is 3. The molecule has 0 aliphatic heterocycles. The topological polar surface area (TPSA) is 421 Å². The van der Waals surface area contributed by atoms with E-state index < -0.39 is 135 Å². The Bertz CT molecular complexity index is 4990. The van der Waals surface area contributed by atoms with Crippen LogP contribution >= 0.6 is 36.3 Å². The number of phenols is 1. The van der Waals surface area contributed by atoms with Gasteiger partial charge >= 0.3 is 129 Å². The summed E-state index contributed by atoms with van der Waals surface area (Å²) in [5, 5.41) is 27.2. The molecule has 0 fully saturated rings. The molecule has 0 saturated carbocycles. The number of benzene rings is 6. The van der Waals surface area contributed by atoms with Crippen molar-refractivity contribution in [3.8, 4) is 34.5 Å². The maximum atomic E-state index is 12.4. The van der Waals surface area contributed by atoms with Crippen molar-refractivity contribution in [2.75, 3.05) is 0 Å². The van der Waals surface area contributed by atoms with Crippen LogP contribution in [0.2, 0.25) is 0 Å². The van der Waals surface area contributed by atoms with Crippen LogP contribution in [0.25, 0.3) is 0 Å². The summed E-state index contributed by atoms with van der Waals surface area (Å²) in [6, 6.07) is 28.7. The van der Waals surface area contributed by atoms with E-state index in [4.69, 9.17) is 81.3 Å². The van der Waals surface area contributed by atoms with Gasteiger partial charge in [0.05, 0.1) is 6.42 Å². The minimum atomic E-state index is -1.13. The Morgan fingerprint density at radius 3 is 0.786 bits per heavy atom. The van der Waals surface area contributed by atoms with Crippen LogP contribution in [0.15, 0.2) is 140 Å². The predicted molar refractivity (Wildman–Crippen MR) is 539 cm³/mol. The van der Waals surface area contributed by atoms with Crippen LogP contribution in [0.5, 0.6) is 34.5 Å². The Hall–Kier alpha value is -10.4. The predicted octanol–water partition coefficient (Wildman–Crippen LogP) is 22.6. The number of alkyl halides is 1. The van der Waals surface area contributed by atoms with Gasteiger partial charge in [0.25, 0.3) is 0 Å². The minimum Gasteiger partial charge on any atom is 2.00 e. The quantitative estimate of drug-likeness (QED) is 0.00828. The number of aliphatic carboxylic acids is 1. The van der Waals surface area contributed by atoms with Crippen molar-refractivity contribution >= 4 is 138 Å². The first-order valence-corrected chi connectivity index (χ1v) is 47.3. The van der Waals surface area contributed by atoms with E-state index in [1.165, 1.54) is 35.9 Å². The Morgan fingerprint density at radius 1 is 0.357 bits per heavy atom. The van der Waals surface area contributed by atoms with E-state index in [2.05, 4.69) is 68.4 Å². The van der Waals surface area contributed by atoms with Gasteiger partial charge < -0.3 is 115 Å². The number of hydrogen-bond acceptors (Lipinski definition) is 29. The summed E-state index contributed by atoms with van der Waals surface area (Å²) in [4.78, 5) is 154. The number of carboxylic acid groups (broad SMARTS) is 2. The molecule has 0 unspecified atom stereocenters. The molecule has 36 heteroatoms. The molecule has 31 nitrogen and oxygen atoms in total. The van der Waals surface area contributed by atoms with Gasteiger partial charge in [-0.15, -0.1) is 6.58 Å². The maximum absolute atomic E-state index is 12.4. The summed E-state index contributed by atoms with van der Waals surface area (Å²) in [6.07, 6.45) is -0.156. The molecule has 0 aliphatic carbocycles. The standard InChI is InChI=1S/C19H26O5.C18H24O7.C18H24O6.C17H23BrO5.C17H24O5.C8H8O3.C5H10.C2H3.BrH.Cu.HI.Mg/c1-8-10-13-11-9-12-14(16(20)23-18(2,3)4)15(13)22-17(21)24-19(5,6)7;1-17(2,3)24-15(21)12-9-7-8-11(10-13(19)20)14(12)23-16(22)25-18(4,5)6;1-17(2,3)23-15(20)13-9-7-8-12(10-11-19)14(13)22-16(21)24-18(4,5)6;1-16(2,3)22-14(19)12-9-7-8-11(10-18)13(12)21-15(20)23-17(4,5)6;1-11-9-8-10-12(14(18)21-16(2,3)4)13(11)20-15(19)22-17(5,6)7;1-5-3-2-4-6(7(5)9)8(10)11;1-4-5(2)3;1-2;;;;/h8-9,11-12H,1,10H2,2-7H3;7-9H,10H2,1-6H3,(H,19,20);7-9,11H,10H2,1-6H3;7-9H,10H2,1-6H3;8-10H,1-7H3;2-4,9H,1H3,(H,10,11);4H,1-3H3;1H,2H2;1H;;1H;/q;;;;;;;-1;;+1;;+2/p-2. The van der Waals surface area contributed by atoms with E-state index in [-0.39, 0.29) is 120 Å². The zero-order valence-electron chi connectivity index (χ0n) is 87.4. The van der Waals surface area contributed by atoms with Crippen molar-refractivity contribution in [2.24, 2.45) is 0 Å². The molecule has 0 spiro atoms. The Morgan fingerprint density at radius 2 is 0.564 bits per heavy atom. The number of esters is 5. The Labute approximate surface area is 880 Å². The molecular weight excluding hydrogens is 2120 g/mol. The van der Waals surface area contributed by atoms with Crippen molar-refractivity contribution in [1.82, 2.24) is 0 Å². The van der Waals surface area contributed by atoms with Gasteiger partial charge in [0, 0.05) is 28.4 Å². The van der Waals surface area contributed by atoms with Crippen molar-refractivity contribution in [3.05, 3.63) is 213 Å². The first-order chi connectivity index (χ1) is 62.8. The first-order valence-electron chi connectivity index (χ1n) is 43.1. The van der Waals surface area contributed by atoms with E-state index >= 15 is 0 Å². The number of aryl methyl sites for hydroxylation is 2. The average Bonchev–Trinajstić information content (AvgIpc) is 0.796. The summed E-state index contributed by atoms with van der Waals surface area (Å²) in [5.74, 6) is -5.17. The molecule has 0 atom stereocenters. The van der Waals surface area contributed by atoms with Crippen molar-refractivity contribution in [3.63, 3.8) is 0 Å². The summed E-state index contributed by atoms with van der Waals surface area (Å²) >= 11 is 9.19. The summed E-state index contributed by atoms with van der Waals surface area (Å²) in [7, 11) is 0. The molecule has 6 aromatic rings. The zero-order valence-corrected chi connectivity index (χ0v) is 95.0. The van der Waals surface area contributed by atoms with Gasteiger partial charge in [0.1, 0.15) is 101 Å². The molecule has 0 bridgehead atoms. The molecule has 6 aromatic carbocycles. The van der Waals surface area contributed by atoms with E-state index in [9.17, 15) is 67.4 Å². The second-order valence-electron chi connectivity index (χ2n) is 39.7. The second-order valence-corrected chi connectivity index (χ2v) is 40.2. The van der Waals surface area contributed by atoms with Gasteiger partial charge in [-0.25, -0.2) is 52.7 Å². The number of aldehydes is 1. The largest absolute Gasteiger partial charge is 2.00 e. The van der Waals surface area contributed by atoms with Crippen molar-refractivity contribution < 1.29 is 178 Å².